The smallest absolute Gasteiger partial charge is 0.244 e. The third kappa shape index (κ3) is 2.78. The molecule has 0 saturated heterocycles. The molecule has 0 bridgehead atoms. The maximum absolute atomic E-state index is 11.4. The molecule has 2 aromatic carbocycles. The summed E-state index contributed by atoms with van der Waals surface area (Å²) in [7, 11) is 0. The fourth-order valence-corrected chi connectivity index (χ4v) is 1.76. The molecule has 0 unspecified atom stereocenters. The zero-order chi connectivity index (χ0) is 12.8. The molecule has 0 aliphatic rings. The zero-order valence-corrected chi connectivity index (χ0v) is 9.89. The average molecular weight is 235 g/mol. The van der Waals surface area contributed by atoms with E-state index in [2.05, 4.69) is 11.2 Å². The SMILES string of the molecule is C#CCNC(=O)/C=C/c1cccc2ccccc12. The second kappa shape index (κ2) is 5.70. The number of hydrogen-bond acceptors (Lipinski definition) is 1. The molecular formula is C16H13NO. The average Bonchev–Trinajstić information content (AvgIpc) is 2.42. The minimum atomic E-state index is -0.180. The minimum absolute atomic E-state index is 0.180. The molecule has 1 amide bonds. The Balaban J connectivity index is 2.24. The normalized spacial score (nSPS) is 10.4. The summed E-state index contributed by atoms with van der Waals surface area (Å²) in [5.41, 5.74) is 1.02. The van der Waals surface area contributed by atoms with Gasteiger partial charge >= 0.3 is 0 Å². The number of carbonyl (C=O) groups is 1. The number of hydrogen-bond donors (Lipinski definition) is 1. The van der Waals surface area contributed by atoms with Crippen LogP contribution in [0.4, 0.5) is 0 Å². The largest absolute Gasteiger partial charge is 0.342 e. The molecule has 2 nitrogen and oxygen atoms in total. The van der Waals surface area contributed by atoms with Crippen LogP contribution in [0.5, 0.6) is 0 Å². The van der Waals surface area contributed by atoms with Gasteiger partial charge in [0.1, 0.15) is 0 Å². The van der Waals surface area contributed by atoms with Gasteiger partial charge in [0.25, 0.3) is 0 Å². The first-order valence-electron chi connectivity index (χ1n) is 5.68. The highest BCUT2D eigenvalue weighted by Gasteiger charge is 1.97. The van der Waals surface area contributed by atoms with Gasteiger partial charge in [-0.15, -0.1) is 6.42 Å². The van der Waals surface area contributed by atoms with E-state index >= 15 is 0 Å². The Morgan fingerprint density at radius 3 is 2.83 bits per heavy atom. The van der Waals surface area contributed by atoms with E-state index < -0.39 is 0 Å². The van der Waals surface area contributed by atoms with Gasteiger partial charge in [-0.2, -0.15) is 0 Å². The first-order chi connectivity index (χ1) is 8.81. The van der Waals surface area contributed by atoms with Gasteiger partial charge in [-0.05, 0) is 22.4 Å². The Bertz CT molecular complexity index is 630. The lowest BCUT2D eigenvalue weighted by Crippen LogP contribution is -2.20. The second-order valence-corrected chi connectivity index (χ2v) is 3.82. The highest BCUT2D eigenvalue weighted by molar-refractivity contribution is 5.96. The van der Waals surface area contributed by atoms with Crippen molar-refractivity contribution < 1.29 is 4.79 Å². The Hall–Kier alpha value is -2.53. The van der Waals surface area contributed by atoms with Crippen LogP contribution in [-0.4, -0.2) is 12.5 Å². The molecule has 0 aromatic heterocycles. The van der Waals surface area contributed by atoms with E-state index in [1.54, 1.807) is 6.08 Å². The number of nitrogens with one attached hydrogen (secondary N) is 1. The Labute approximate surface area is 106 Å². The van der Waals surface area contributed by atoms with E-state index in [1.807, 2.05) is 42.5 Å². The minimum Gasteiger partial charge on any atom is -0.342 e. The van der Waals surface area contributed by atoms with E-state index in [1.165, 1.54) is 6.08 Å². The Kier molecular flexibility index (Phi) is 3.78. The van der Waals surface area contributed by atoms with Gasteiger partial charge < -0.3 is 5.32 Å². The molecule has 0 spiro atoms. The lowest BCUT2D eigenvalue weighted by molar-refractivity contribution is -0.116. The molecule has 0 atom stereocenters. The molecule has 18 heavy (non-hydrogen) atoms. The van der Waals surface area contributed by atoms with Crippen molar-refractivity contribution in [3.05, 3.63) is 54.1 Å². The van der Waals surface area contributed by atoms with E-state index in [4.69, 9.17) is 6.42 Å². The van der Waals surface area contributed by atoms with E-state index in [-0.39, 0.29) is 12.5 Å². The zero-order valence-electron chi connectivity index (χ0n) is 9.89. The molecule has 0 aliphatic heterocycles. The quantitative estimate of drug-likeness (QED) is 0.643. The fraction of sp³-hybridized carbons (Fsp3) is 0.0625. The number of carbonyl (C=O) groups excluding carboxylic acids is 1. The third-order valence-electron chi connectivity index (χ3n) is 2.60. The van der Waals surface area contributed by atoms with Crippen LogP contribution in [0.15, 0.2) is 48.5 Å². The van der Waals surface area contributed by atoms with Gasteiger partial charge in [-0.25, -0.2) is 0 Å². The first-order valence-corrected chi connectivity index (χ1v) is 5.68. The van der Waals surface area contributed by atoms with Crippen LogP contribution in [0, 0.1) is 12.3 Å². The van der Waals surface area contributed by atoms with Gasteiger partial charge in [0, 0.05) is 6.08 Å². The first kappa shape index (κ1) is 11.9. The molecule has 1 N–H and O–H groups in total. The monoisotopic (exact) mass is 235 g/mol. The summed E-state index contributed by atoms with van der Waals surface area (Å²) in [6.07, 6.45) is 8.37. The lowest BCUT2D eigenvalue weighted by atomic mass is 10.0. The number of terminal acetylenes is 1. The molecule has 0 aliphatic carbocycles. The molecule has 0 radical (unpaired) electrons. The maximum Gasteiger partial charge on any atom is 0.244 e. The summed E-state index contributed by atoms with van der Waals surface area (Å²) in [6, 6.07) is 14.1. The standard InChI is InChI=1S/C16H13NO/c1-2-12-17-16(18)11-10-14-8-5-7-13-6-3-4-9-15(13)14/h1,3-11H,12H2,(H,17,18)/b11-10+. The highest BCUT2D eigenvalue weighted by atomic mass is 16.1. The summed E-state index contributed by atoms with van der Waals surface area (Å²) < 4.78 is 0. The van der Waals surface area contributed by atoms with Crippen LogP contribution < -0.4 is 5.32 Å². The van der Waals surface area contributed by atoms with Crippen molar-refractivity contribution in [2.45, 2.75) is 0 Å². The topological polar surface area (TPSA) is 29.1 Å². The van der Waals surface area contributed by atoms with Crippen molar-refractivity contribution in [3.63, 3.8) is 0 Å². The maximum atomic E-state index is 11.4. The third-order valence-corrected chi connectivity index (χ3v) is 2.60. The molecule has 2 rings (SSSR count). The van der Waals surface area contributed by atoms with Gasteiger partial charge in [0.15, 0.2) is 0 Å². The lowest BCUT2D eigenvalue weighted by Gasteiger charge is -2.01. The number of fused-ring (bicyclic) bond motifs is 1. The van der Waals surface area contributed by atoms with Gasteiger partial charge in [0.05, 0.1) is 6.54 Å². The van der Waals surface area contributed by atoms with Crippen LogP contribution in [0.25, 0.3) is 16.8 Å². The van der Waals surface area contributed by atoms with Gasteiger partial charge in [0.2, 0.25) is 5.91 Å². The Morgan fingerprint density at radius 1 is 1.22 bits per heavy atom. The van der Waals surface area contributed by atoms with Gasteiger partial charge in [-0.3, -0.25) is 4.79 Å². The summed E-state index contributed by atoms with van der Waals surface area (Å²) in [5, 5.41) is 4.87. The molecule has 88 valence electrons. The molecular weight excluding hydrogens is 222 g/mol. The van der Waals surface area contributed by atoms with E-state index in [0.29, 0.717) is 0 Å². The number of rotatable bonds is 3. The van der Waals surface area contributed by atoms with Crippen molar-refractivity contribution in [3.8, 4) is 12.3 Å². The summed E-state index contributed by atoms with van der Waals surface area (Å²) in [6.45, 7) is 0.249. The Morgan fingerprint density at radius 2 is 2.00 bits per heavy atom. The molecule has 2 heteroatoms. The van der Waals surface area contributed by atoms with Crippen molar-refractivity contribution in [2.24, 2.45) is 0 Å². The molecule has 2 aromatic rings. The molecule has 0 fully saturated rings. The summed E-state index contributed by atoms with van der Waals surface area (Å²) in [4.78, 5) is 11.4. The van der Waals surface area contributed by atoms with Crippen LogP contribution in [0.1, 0.15) is 5.56 Å². The van der Waals surface area contributed by atoms with Gasteiger partial charge in [-0.1, -0.05) is 48.4 Å². The van der Waals surface area contributed by atoms with Crippen molar-refractivity contribution >= 4 is 22.8 Å². The number of amides is 1. The predicted octanol–water partition coefficient (Wildman–Crippen LogP) is 2.60. The van der Waals surface area contributed by atoms with Crippen LogP contribution >= 0.6 is 0 Å². The summed E-state index contributed by atoms with van der Waals surface area (Å²) in [5.74, 6) is 2.18. The van der Waals surface area contributed by atoms with Crippen LogP contribution in [0.2, 0.25) is 0 Å². The fourth-order valence-electron chi connectivity index (χ4n) is 1.76. The molecule has 0 saturated carbocycles. The summed E-state index contributed by atoms with van der Waals surface area (Å²) >= 11 is 0. The van der Waals surface area contributed by atoms with E-state index in [0.717, 1.165) is 16.3 Å². The number of benzene rings is 2. The van der Waals surface area contributed by atoms with Crippen molar-refractivity contribution in [1.29, 1.82) is 0 Å². The van der Waals surface area contributed by atoms with Crippen LogP contribution in [-0.2, 0) is 4.79 Å². The predicted molar refractivity (Wildman–Crippen MR) is 74.8 cm³/mol. The van der Waals surface area contributed by atoms with Crippen LogP contribution in [0.3, 0.4) is 0 Å². The van der Waals surface area contributed by atoms with Crippen molar-refractivity contribution in [2.75, 3.05) is 6.54 Å². The molecule has 0 heterocycles. The van der Waals surface area contributed by atoms with Crippen molar-refractivity contribution in [1.82, 2.24) is 5.32 Å². The van der Waals surface area contributed by atoms with E-state index in [9.17, 15) is 4.79 Å². The highest BCUT2D eigenvalue weighted by Crippen LogP contribution is 2.19. The second-order valence-electron chi connectivity index (χ2n) is 3.82.